The van der Waals surface area contributed by atoms with E-state index < -0.39 is 6.10 Å². The van der Waals surface area contributed by atoms with Crippen LogP contribution in [0.1, 0.15) is 59.6 Å². The van der Waals surface area contributed by atoms with Crippen molar-refractivity contribution in [3.05, 3.63) is 68.3 Å². The maximum Gasteiger partial charge on any atom is 0.191 e. The SMILES string of the molecule is CCc1oc([C@@H](C)[C@@H](O)c2ccccc2C)c(C)c(=O)c1C. The molecule has 22 heavy (non-hydrogen) atoms. The summed E-state index contributed by atoms with van der Waals surface area (Å²) in [5.41, 5.74) is 3.18. The molecule has 2 rings (SSSR count). The molecule has 0 amide bonds. The van der Waals surface area contributed by atoms with Crippen LogP contribution in [0, 0.1) is 20.8 Å². The molecule has 0 saturated carbocycles. The Labute approximate surface area is 131 Å². The van der Waals surface area contributed by atoms with E-state index in [0.717, 1.165) is 11.1 Å². The van der Waals surface area contributed by atoms with Gasteiger partial charge in [0.1, 0.15) is 11.5 Å². The summed E-state index contributed by atoms with van der Waals surface area (Å²) in [6.07, 6.45) is -0.0305. The molecule has 0 unspecified atom stereocenters. The van der Waals surface area contributed by atoms with Crippen LogP contribution in [0.25, 0.3) is 0 Å². The molecule has 0 aliphatic heterocycles. The number of aliphatic hydroxyl groups excluding tert-OH is 1. The topological polar surface area (TPSA) is 50.4 Å². The van der Waals surface area contributed by atoms with Crippen LogP contribution in [-0.4, -0.2) is 5.11 Å². The van der Waals surface area contributed by atoms with E-state index in [0.29, 0.717) is 29.1 Å². The van der Waals surface area contributed by atoms with Crippen LogP contribution < -0.4 is 5.43 Å². The monoisotopic (exact) mass is 300 g/mol. The summed E-state index contributed by atoms with van der Waals surface area (Å²) in [5.74, 6) is 1.01. The highest BCUT2D eigenvalue weighted by Gasteiger charge is 2.25. The lowest BCUT2D eigenvalue weighted by atomic mass is 9.90. The van der Waals surface area contributed by atoms with E-state index in [4.69, 9.17) is 4.42 Å². The van der Waals surface area contributed by atoms with Crippen LogP contribution in [-0.2, 0) is 6.42 Å². The van der Waals surface area contributed by atoms with Gasteiger partial charge >= 0.3 is 0 Å². The molecule has 118 valence electrons. The second-order valence-electron chi connectivity index (χ2n) is 5.91. The molecule has 1 aromatic heterocycles. The van der Waals surface area contributed by atoms with Crippen molar-refractivity contribution < 1.29 is 9.52 Å². The van der Waals surface area contributed by atoms with Gasteiger partial charge in [-0.2, -0.15) is 0 Å². The molecule has 1 heterocycles. The Morgan fingerprint density at radius 2 is 1.77 bits per heavy atom. The number of aryl methyl sites for hydroxylation is 2. The highest BCUT2D eigenvalue weighted by atomic mass is 16.3. The summed E-state index contributed by atoms with van der Waals surface area (Å²) in [5, 5.41) is 10.7. The Balaban J connectivity index is 2.50. The van der Waals surface area contributed by atoms with E-state index in [1.54, 1.807) is 13.8 Å². The second kappa shape index (κ2) is 6.49. The minimum absolute atomic E-state index is 0.0157. The van der Waals surface area contributed by atoms with Crippen molar-refractivity contribution >= 4 is 0 Å². The Morgan fingerprint density at radius 1 is 1.14 bits per heavy atom. The van der Waals surface area contributed by atoms with Gasteiger partial charge in [0.2, 0.25) is 0 Å². The van der Waals surface area contributed by atoms with Crippen molar-refractivity contribution in [1.29, 1.82) is 0 Å². The third-order valence-corrected chi connectivity index (χ3v) is 4.42. The predicted molar refractivity (Wildman–Crippen MR) is 88.4 cm³/mol. The minimum Gasteiger partial charge on any atom is -0.465 e. The summed E-state index contributed by atoms with van der Waals surface area (Å²) in [6.45, 7) is 9.41. The molecule has 2 aromatic rings. The zero-order valence-corrected chi connectivity index (χ0v) is 13.9. The molecule has 2 atom stereocenters. The number of rotatable bonds is 4. The molecule has 0 spiro atoms. The Bertz CT molecular complexity index is 728. The third-order valence-electron chi connectivity index (χ3n) is 4.42. The van der Waals surface area contributed by atoms with Crippen molar-refractivity contribution in [3.8, 4) is 0 Å². The number of aliphatic hydroxyl groups is 1. The number of benzene rings is 1. The molecule has 0 fully saturated rings. The fraction of sp³-hybridized carbons (Fsp3) is 0.421. The fourth-order valence-corrected chi connectivity index (χ4v) is 2.91. The summed E-state index contributed by atoms with van der Waals surface area (Å²) < 4.78 is 5.95. The molecule has 0 saturated heterocycles. The molecule has 3 heteroatoms. The molecular weight excluding hydrogens is 276 g/mol. The molecule has 1 aromatic carbocycles. The van der Waals surface area contributed by atoms with E-state index in [2.05, 4.69) is 0 Å². The largest absolute Gasteiger partial charge is 0.465 e. The van der Waals surface area contributed by atoms with Gasteiger partial charge in [0.15, 0.2) is 5.43 Å². The highest BCUT2D eigenvalue weighted by molar-refractivity contribution is 5.33. The zero-order chi connectivity index (χ0) is 16.4. The van der Waals surface area contributed by atoms with Gasteiger partial charge in [0.25, 0.3) is 0 Å². The molecule has 1 N–H and O–H groups in total. The minimum atomic E-state index is -0.699. The average Bonchev–Trinajstić information content (AvgIpc) is 2.52. The van der Waals surface area contributed by atoms with Gasteiger partial charge in [0.05, 0.1) is 6.10 Å². The van der Waals surface area contributed by atoms with Gasteiger partial charge in [0, 0.05) is 23.5 Å². The summed E-state index contributed by atoms with van der Waals surface area (Å²) in [4.78, 5) is 12.4. The summed E-state index contributed by atoms with van der Waals surface area (Å²) in [7, 11) is 0. The third kappa shape index (κ3) is 2.86. The molecule has 0 bridgehead atoms. The first kappa shape index (κ1) is 16.5. The second-order valence-corrected chi connectivity index (χ2v) is 5.91. The quantitative estimate of drug-likeness (QED) is 0.929. The van der Waals surface area contributed by atoms with E-state index in [-0.39, 0.29) is 11.3 Å². The maximum absolute atomic E-state index is 12.4. The van der Waals surface area contributed by atoms with Crippen LogP contribution in [0.2, 0.25) is 0 Å². The van der Waals surface area contributed by atoms with E-state index >= 15 is 0 Å². The van der Waals surface area contributed by atoms with Crippen molar-refractivity contribution in [2.75, 3.05) is 0 Å². The first-order valence-corrected chi connectivity index (χ1v) is 7.75. The molecule has 0 aliphatic carbocycles. The predicted octanol–water partition coefficient (Wildman–Crippen LogP) is 3.96. The Kier molecular flexibility index (Phi) is 4.87. The van der Waals surface area contributed by atoms with Crippen LogP contribution in [0.5, 0.6) is 0 Å². The lowest BCUT2D eigenvalue weighted by Gasteiger charge is -2.22. The van der Waals surface area contributed by atoms with Crippen molar-refractivity contribution in [2.24, 2.45) is 0 Å². The van der Waals surface area contributed by atoms with Gasteiger partial charge in [-0.15, -0.1) is 0 Å². The standard InChI is InChI=1S/C19H24O3/c1-6-16-12(3)17(20)13(4)19(22-16)14(5)18(21)15-10-8-7-9-11(15)2/h7-10,14,18,21H,6H2,1-5H3/t14-,18+/m0/s1. The average molecular weight is 300 g/mol. The van der Waals surface area contributed by atoms with Crippen molar-refractivity contribution in [3.63, 3.8) is 0 Å². The van der Waals surface area contributed by atoms with Gasteiger partial charge < -0.3 is 9.52 Å². The lowest BCUT2D eigenvalue weighted by Crippen LogP contribution is -2.18. The molecule has 0 aliphatic rings. The highest BCUT2D eigenvalue weighted by Crippen LogP contribution is 2.33. The summed E-state index contributed by atoms with van der Waals surface area (Å²) >= 11 is 0. The van der Waals surface area contributed by atoms with Crippen molar-refractivity contribution in [1.82, 2.24) is 0 Å². The van der Waals surface area contributed by atoms with Gasteiger partial charge in [-0.05, 0) is 31.9 Å². The molecule has 3 nitrogen and oxygen atoms in total. The molecule has 0 radical (unpaired) electrons. The fourth-order valence-electron chi connectivity index (χ4n) is 2.91. The van der Waals surface area contributed by atoms with Gasteiger partial charge in [-0.3, -0.25) is 4.79 Å². The smallest absolute Gasteiger partial charge is 0.191 e. The Morgan fingerprint density at radius 3 is 2.36 bits per heavy atom. The first-order valence-electron chi connectivity index (χ1n) is 7.75. The van der Waals surface area contributed by atoms with Crippen molar-refractivity contribution in [2.45, 2.75) is 53.1 Å². The number of hydrogen-bond acceptors (Lipinski definition) is 3. The van der Waals surface area contributed by atoms with E-state index in [9.17, 15) is 9.90 Å². The summed E-state index contributed by atoms with van der Waals surface area (Å²) in [6, 6.07) is 7.75. The first-order chi connectivity index (χ1) is 10.4. The van der Waals surface area contributed by atoms with Gasteiger partial charge in [-0.1, -0.05) is 38.1 Å². The molecular formula is C19H24O3. The van der Waals surface area contributed by atoms with Crippen LogP contribution in [0.4, 0.5) is 0 Å². The van der Waals surface area contributed by atoms with Crippen LogP contribution >= 0.6 is 0 Å². The van der Waals surface area contributed by atoms with Gasteiger partial charge in [-0.25, -0.2) is 0 Å². The van der Waals surface area contributed by atoms with Crippen LogP contribution in [0.3, 0.4) is 0 Å². The van der Waals surface area contributed by atoms with E-state index in [1.807, 2.05) is 45.0 Å². The lowest BCUT2D eigenvalue weighted by molar-refractivity contribution is 0.138. The number of hydrogen-bond donors (Lipinski definition) is 1. The maximum atomic E-state index is 12.4. The Hall–Kier alpha value is -1.87. The normalized spacial score (nSPS) is 13.9. The zero-order valence-electron chi connectivity index (χ0n) is 13.9. The van der Waals surface area contributed by atoms with E-state index in [1.165, 1.54) is 0 Å². The van der Waals surface area contributed by atoms with Crippen LogP contribution in [0.15, 0.2) is 33.5 Å².